The van der Waals surface area contributed by atoms with Crippen molar-refractivity contribution in [1.82, 2.24) is 30.7 Å². The van der Waals surface area contributed by atoms with Crippen molar-refractivity contribution in [2.45, 2.75) is 160 Å². The Kier molecular flexibility index (Phi) is 49.7. The maximum absolute atomic E-state index is 11.2. The van der Waals surface area contributed by atoms with Gasteiger partial charge in [-0.2, -0.15) is 0 Å². The molecule has 2 amide bonds. The highest BCUT2D eigenvalue weighted by atomic mass is 32.2. The molecule has 4 N–H and O–H groups in total. The van der Waals surface area contributed by atoms with Crippen LogP contribution in [0.15, 0.2) is 40.9 Å². The van der Waals surface area contributed by atoms with Gasteiger partial charge >= 0.3 is 0 Å². The van der Waals surface area contributed by atoms with Crippen molar-refractivity contribution in [3.63, 3.8) is 0 Å². The van der Waals surface area contributed by atoms with E-state index >= 15 is 0 Å². The van der Waals surface area contributed by atoms with Gasteiger partial charge in [-0.3, -0.25) is 14.4 Å². The first-order valence-electron chi connectivity index (χ1n) is 26.7. The summed E-state index contributed by atoms with van der Waals surface area (Å²) in [5.41, 5.74) is -0.901. The van der Waals surface area contributed by atoms with E-state index in [1.54, 1.807) is 19.9 Å². The van der Waals surface area contributed by atoms with Crippen molar-refractivity contribution in [1.29, 1.82) is 0 Å². The maximum Gasteiger partial charge on any atom is 0.246 e. The molecule has 1 aliphatic rings. The molecule has 16 nitrogen and oxygen atoms in total. The van der Waals surface area contributed by atoms with Gasteiger partial charge < -0.3 is 54.4 Å². The van der Waals surface area contributed by atoms with Gasteiger partial charge in [0.25, 0.3) is 0 Å². The lowest BCUT2D eigenvalue weighted by atomic mass is 10.1. The van der Waals surface area contributed by atoms with Gasteiger partial charge in [0, 0.05) is 97.8 Å². The third-order valence-electron chi connectivity index (χ3n) is 9.60. The molecule has 0 spiro atoms. The summed E-state index contributed by atoms with van der Waals surface area (Å²) in [6.45, 7) is 41.3. The van der Waals surface area contributed by atoms with E-state index in [0.29, 0.717) is 68.5 Å². The quantitative estimate of drug-likeness (QED) is 0.0359. The Bertz CT molecular complexity index is 1630. The highest BCUT2D eigenvalue weighted by molar-refractivity contribution is 7.90. The first-order chi connectivity index (χ1) is 33.8. The lowest BCUT2D eigenvalue weighted by Gasteiger charge is -2.32. The minimum Gasteiger partial charge on any atom is -0.464 e. The lowest BCUT2D eigenvalue weighted by Crippen LogP contribution is -2.44. The molecule has 1 fully saturated rings. The number of sulfone groups is 1. The fourth-order valence-corrected chi connectivity index (χ4v) is 6.31. The molecule has 17 heteroatoms. The Hall–Kier alpha value is -3.00. The number of ether oxygens (including phenoxy) is 3. The SMILES string of the molecule is CC(C)CC(=O)/C=C/CN(C)C.CC(C)CCNC(=O)CC(C)(C)O.CC(C)OCCCN1CCN(C)CC1.CC(C)c1ccc(CNCCS(C)(=O)=O)o1.CCOC(C)C.COCC(=O)NC/C=C/C(C)C. The van der Waals surface area contributed by atoms with Gasteiger partial charge in [-0.25, -0.2) is 8.42 Å². The third kappa shape index (κ3) is 65.1. The minimum absolute atomic E-state index is 0.0758. The number of nitrogens with zero attached hydrogens (tertiary/aromatic N) is 3. The molecule has 0 atom stereocenters. The van der Waals surface area contributed by atoms with E-state index < -0.39 is 15.4 Å². The molecule has 2 rings (SSSR count). The van der Waals surface area contributed by atoms with Crippen LogP contribution >= 0.6 is 0 Å². The molecule has 432 valence electrons. The van der Waals surface area contributed by atoms with E-state index in [2.05, 4.69) is 107 Å². The van der Waals surface area contributed by atoms with Crippen LogP contribution in [0.1, 0.15) is 147 Å². The summed E-state index contributed by atoms with van der Waals surface area (Å²) in [4.78, 5) is 40.1. The zero-order valence-corrected chi connectivity index (χ0v) is 50.8. The van der Waals surface area contributed by atoms with Crippen molar-refractivity contribution in [2.75, 3.05) is 119 Å². The second-order valence-electron chi connectivity index (χ2n) is 21.3. The van der Waals surface area contributed by atoms with Crippen molar-refractivity contribution >= 4 is 27.4 Å². The average molecular weight is 1060 g/mol. The summed E-state index contributed by atoms with van der Waals surface area (Å²) in [6.07, 6.45) is 12.6. The van der Waals surface area contributed by atoms with E-state index in [1.807, 2.05) is 70.1 Å². The van der Waals surface area contributed by atoms with Crippen LogP contribution in [-0.2, 0) is 45.0 Å². The van der Waals surface area contributed by atoms with E-state index in [9.17, 15) is 27.9 Å². The fourth-order valence-electron chi connectivity index (χ4n) is 5.80. The number of methoxy groups -OCH3 is 1. The molecular formula is C56H112N6O10S. The smallest absolute Gasteiger partial charge is 0.246 e. The van der Waals surface area contributed by atoms with E-state index in [1.165, 1.54) is 52.5 Å². The minimum atomic E-state index is -2.88. The van der Waals surface area contributed by atoms with Gasteiger partial charge in [-0.15, -0.1) is 0 Å². The molecule has 2 heterocycles. The van der Waals surface area contributed by atoms with Gasteiger partial charge in [0.1, 0.15) is 28.0 Å². The number of piperazine rings is 1. The maximum atomic E-state index is 11.2. The van der Waals surface area contributed by atoms with Crippen LogP contribution in [0, 0.1) is 17.8 Å². The Morgan fingerprint density at radius 3 is 1.90 bits per heavy atom. The normalized spacial score (nSPS) is 13.3. The van der Waals surface area contributed by atoms with Crippen molar-refractivity contribution < 1.29 is 46.5 Å². The number of carbonyl (C=O) groups is 3. The number of rotatable bonds is 28. The Morgan fingerprint density at radius 2 is 1.47 bits per heavy atom. The topological polar surface area (TPSA) is 192 Å². The van der Waals surface area contributed by atoms with Crippen LogP contribution in [0.4, 0.5) is 0 Å². The number of aliphatic hydroxyl groups is 1. The number of hydrogen-bond donors (Lipinski definition) is 4. The number of ketones is 1. The number of amides is 2. The zero-order chi connectivity index (χ0) is 57.0. The average Bonchev–Trinajstić information content (AvgIpc) is 3.73. The van der Waals surface area contributed by atoms with Crippen molar-refractivity contribution in [2.24, 2.45) is 17.8 Å². The summed E-state index contributed by atoms with van der Waals surface area (Å²) in [5.74, 6) is 4.01. The fraction of sp³-hybridized carbons (Fsp3) is 0.804. The number of furan rings is 1. The monoisotopic (exact) mass is 1060 g/mol. The molecule has 1 aromatic rings. The zero-order valence-electron chi connectivity index (χ0n) is 50.0. The number of nitrogens with one attached hydrogen (secondary N) is 3. The Balaban J connectivity index is -0.000000398. The van der Waals surface area contributed by atoms with E-state index in [0.717, 1.165) is 37.7 Å². The van der Waals surface area contributed by atoms with Gasteiger partial charge in [-0.1, -0.05) is 73.6 Å². The Labute approximate surface area is 447 Å². The first-order valence-corrected chi connectivity index (χ1v) is 28.8. The highest BCUT2D eigenvalue weighted by Crippen LogP contribution is 2.17. The van der Waals surface area contributed by atoms with E-state index in [-0.39, 0.29) is 36.4 Å². The molecule has 0 radical (unpaired) electrons. The summed E-state index contributed by atoms with van der Waals surface area (Å²) < 4.78 is 42.5. The predicted octanol–water partition coefficient (Wildman–Crippen LogP) is 8.01. The van der Waals surface area contributed by atoms with Gasteiger partial charge in [0.15, 0.2) is 5.78 Å². The third-order valence-corrected chi connectivity index (χ3v) is 10.5. The number of hydrogen-bond acceptors (Lipinski definition) is 14. The molecule has 0 bridgehead atoms. The van der Waals surface area contributed by atoms with E-state index in [4.69, 9.17) is 13.9 Å². The van der Waals surface area contributed by atoms with Gasteiger partial charge in [-0.05, 0) is 118 Å². The molecule has 0 aliphatic carbocycles. The second kappa shape index (κ2) is 47.5. The standard InChI is InChI=1S/C11H24N2O.C11H19NO3S.C10H21NO2.C10H19NO.C9H17NO2.C5H12O/c1-11(2)14-10-4-5-13-8-6-12(3)7-9-13;1-9(2)11-5-4-10(15-11)8-12-6-7-16(3,13)14;1-8(2)5-6-11-9(12)7-10(3,4)13;1-9(2)8-10(12)6-5-7-11(3)4;1-8(2)5-4-6-10-9(11)7-12-3;1-4-6-5(2)3/h11H,4-10H2,1-3H3;4-5,9,12H,6-8H2,1-3H3;8,13H,5-7H2,1-4H3,(H,11,12);5-6,9H,7-8H2,1-4H3;4-5,8H,6-7H2,1-3H3,(H,10,11);5H,4H2,1-3H3/b;;;6-5+;5-4+;. The van der Waals surface area contributed by atoms with Crippen molar-refractivity contribution in [3.8, 4) is 0 Å². The first kappa shape index (κ1) is 76.5. The molecule has 1 aliphatic heterocycles. The largest absolute Gasteiger partial charge is 0.464 e. The van der Waals surface area contributed by atoms with Crippen molar-refractivity contribution in [3.05, 3.63) is 48.0 Å². The summed E-state index contributed by atoms with van der Waals surface area (Å²) in [6, 6.07) is 3.88. The molecule has 73 heavy (non-hydrogen) atoms. The van der Waals surface area contributed by atoms with Gasteiger partial charge in [0.2, 0.25) is 11.8 Å². The molecule has 1 aromatic heterocycles. The number of carbonyl (C=O) groups excluding carboxylic acids is 3. The molecular weight excluding hydrogens is 949 g/mol. The molecule has 0 aromatic carbocycles. The number of allylic oxidation sites excluding steroid dienone is 2. The molecule has 0 unspecified atom stereocenters. The van der Waals surface area contributed by atoms with Gasteiger partial charge in [0.05, 0.1) is 36.5 Å². The van der Waals surface area contributed by atoms with Crippen LogP contribution in [-0.4, -0.2) is 183 Å². The Morgan fingerprint density at radius 1 is 0.863 bits per heavy atom. The summed E-state index contributed by atoms with van der Waals surface area (Å²) >= 11 is 0. The van der Waals surface area contributed by atoms with Crippen LogP contribution in [0.25, 0.3) is 0 Å². The molecule has 0 saturated carbocycles. The summed E-state index contributed by atoms with van der Waals surface area (Å²) in [7, 11) is 4.78. The highest BCUT2D eigenvalue weighted by Gasteiger charge is 2.17. The van der Waals surface area contributed by atoms with Crippen LogP contribution in [0.3, 0.4) is 0 Å². The van der Waals surface area contributed by atoms with Crippen LogP contribution in [0.2, 0.25) is 0 Å². The van der Waals surface area contributed by atoms with Crippen LogP contribution < -0.4 is 16.0 Å². The van der Waals surface area contributed by atoms with Crippen LogP contribution in [0.5, 0.6) is 0 Å². The number of likely N-dealkylation sites (N-methyl/N-ethyl adjacent to an activating group) is 2. The lowest BCUT2D eigenvalue weighted by molar-refractivity contribution is -0.125. The molecule has 1 saturated heterocycles. The second-order valence-corrected chi connectivity index (χ2v) is 23.6. The summed E-state index contributed by atoms with van der Waals surface area (Å²) in [5, 5.41) is 17.8. The predicted molar refractivity (Wildman–Crippen MR) is 305 cm³/mol.